The largest absolute Gasteiger partial charge is 0.396 e. The van der Waals surface area contributed by atoms with Gasteiger partial charge in [0.1, 0.15) is 0 Å². The summed E-state index contributed by atoms with van der Waals surface area (Å²) < 4.78 is 5.46. The molecule has 4 nitrogen and oxygen atoms in total. The van der Waals surface area contributed by atoms with E-state index in [4.69, 9.17) is 9.84 Å². The van der Waals surface area contributed by atoms with Gasteiger partial charge >= 0.3 is 0 Å². The third-order valence-electron chi connectivity index (χ3n) is 2.92. The van der Waals surface area contributed by atoms with Gasteiger partial charge in [0.2, 0.25) is 0 Å². The van der Waals surface area contributed by atoms with E-state index < -0.39 is 6.10 Å². The lowest BCUT2D eigenvalue weighted by Gasteiger charge is -2.15. The molecule has 2 atom stereocenters. The molecule has 4 heteroatoms. The Morgan fingerprint density at radius 2 is 1.95 bits per heavy atom. The minimum atomic E-state index is -0.495. The van der Waals surface area contributed by atoms with Gasteiger partial charge in [0.25, 0.3) is 0 Å². The highest BCUT2D eigenvalue weighted by atomic mass is 16.5. The highest BCUT2D eigenvalue weighted by molar-refractivity contribution is 5.13. The van der Waals surface area contributed by atoms with Crippen LogP contribution >= 0.6 is 0 Å². The minimum absolute atomic E-state index is 0.214. The Hall–Kier alpha value is -0.940. The van der Waals surface area contributed by atoms with Crippen LogP contribution in [0.4, 0.5) is 0 Å². The highest BCUT2D eigenvalue weighted by Crippen LogP contribution is 2.01. The second kappa shape index (κ2) is 9.92. The summed E-state index contributed by atoms with van der Waals surface area (Å²) in [5, 5.41) is 21.7. The molecule has 0 aliphatic carbocycles. The Bertz CT molecular complexity index is 318. The average Bonchev–Trinajstić information content (AvgIpc) is 2.40. The smallest absolute Gasteiger partial charge is 0.0897 e. The van der Waals surface area contributed by atoms with E-state index >= 15 is 0 Å². The van der Waals surface area contributed by atoms with Crippen LogP contribution in [0.15, 0.2) is 30.3 Å². The minimum Gasteiger partial charge on any atom is -0.396 e. The molecular weight excluding hydrogens is 242 g/mol. The van der Waals surface area contributed by atoms with Crippen LogP contribution < -0.4 is 5.32 Å². The van der Waals surface area contributed by atoms with Crippen LogP contribution in [-0.4, -0.2) is 42.6 Å². The Morgan fingerprint density at radius 1 is 1.21 bits per heavy atom. The van der Waals surface area contributed by atoms with Crippen LogP contribution in [0.5, 0.6) is 0 Å². The fraction of sp³-hybridized carbons (Fsp3) is 0.600. The zero-order chi connectivity index (χ0) is 13.9. The maximum Gasteiger partial charge on any atom is 0.0897 e. The molecule has 3 N–H and O–H groups in total. The first-order valence-electron chi connectivity index (χ1n) is 6.83. The summed E-state index contributed by atoms with van der Waals surface area (Å²) in [6, 6.07) is 9.91. The van der Waals surface area contributed by atoms with Crippen molar-refractivity contribution in [3.8, 4) is 0 Å². The second-order valence-electron chi connectivity index (χ2n) is 4.93. The molecule has 1 aromatic carbocycles. The normalized spacial score (nSPS) is 14.3. The van der Waals surface area contributed by atoms with Crippen LogP contribution in [0, 0.1) is 5.92 Å². The highest BCUT2D eigenvalue weighted by Gasteiger charge is 2.06. The Kier molecular flexibility index (Phi) is 8.41. The van der Waals surface area contributed by atoms with Crippen molar-refractivity contribution in [1.82, 2.24) is 5.32 Å². The number of aliphatic hydroxyl groups excluding tert-OH is 2. The summed E-state index contributed by atoms with van der Waals surface area (Å²) in [4.78, 5) is 0. The molecule has 0 bridgehead atoms. The van der Waals surface area contributed by atoms with Crippen LogP contribution in [0.1, 0.15) is 18.9 Å². The van der Waals surface area contributed by atoms with Gasteiger partial charge in [0.05, 0.1) is 19.3 Å². The second-order valence-corrected chi connectivity index (χ2v) is 4.93. The van der Waals surface area contributed by atoms with Gasteiger partial charge in [0, 0.05) is 13.2 Å². The summed E-state index contributed by atoms with van der Waals surface area (Å²) >= 11 is 0. The number of hydrogen-bond acceptors (Lipinski definition) is 4. The molecule has 0 aliphatic heterocycles. The van der Waals surface area contributed by atoms with E-state index in [0.717, 1.165) is 18.5 Å². The van der Waals surface area contributed by atoms with Crippen molar-refractivity contribution in [3.63, 3.8) is 0 Å². The zero-order valence-electron chi connectivity index (χ0n) is 11.6. The SMILES string of the molecule is CC(CCO)CNCC(O)COCc1ccccc1. The molecule has 0 radical (unpaired) electrons. The topological polar surface area (TPSA) is 61.7 Å². The van der Waals surface area contributed by atoms with Gasteiger partial charge < -0.3 is 20.3 Å². The van der Waals surface area contributed by atoms with Crippen molar-refractivity contribution in [1.29, 1.82) is 0 Å². The average molecular weight is 267 g/mol. The van der Waals surface area contributed by atoms with E-state index in [-0.39, 0.29) is 6.61 Å². The molecule has 19 heavy (non-hydrogen) atoms. The van der Waals surface area contributed by atoms with Crippen LogP contribution in [0.2, 0.25) is 0 Å². The molecule has 0 saturated carbocycles. The number of hydrogen-bond donors (Lipinski definition) is 3. The third kappa shape index (κ3) is 7.95. The van der Waals surface area contributed by atoms with Crippen molar-refractivity contribution in [2.75, 3.05) is 26.3 Å². The number of nitrogens with one attached hydrogen (secondary N) is 1. The molecule has 0 saturated heterocycles. The van der Waals surface area contributed by atoms with Crippen molar-refractivity contribution in [2.45, 2.75) is 26.1 Å². The Balaban J connectivity index is 2.03. The molecule has 0 aromatic heterocycles. The van der Waals surface area contributed by atoms with E-state index in [1.807, 2.05) is 30.3 Å². The van der Waals surface area contributed by atoms with E-state index in [1.54, 1.807) is 0 Å². The maximum absolute atomic E-state index is 9.73. The molecule has 0 amide bonds. The summed E-state index contributed by atoms with van der Waals surface area (Å²) in [5.41, 5.74) is 1.11. The van der Waals surface area contributed by atoms with Crippen molar-refractivity contribution in [3.05, 3.63) is 35.9 Å². The van der Waals surface area contributed by atoms with E-state index in [9.17, 15) is 5.11 Å². The number of ether oxygens (including phenoxy) is 1. The lowest BCUT2D eigenvalue weighted by Crippen LogP contribution is -2.33. The maximum atomic E-state index is 9.73. The summed E-state index contributed by atoms with van der Waals surface area (Å²) in [6.07, 6.45) is 0.290. The molecule has 0 fully saturated rings. The molecular formula is C15H25NO3. The van der Waals surface area contributed by atoms with Gasteiger partial charge in [-0.25, -0.2) is 0 Å². The molecule has 0 spiro atoms. The predicted molar refractivity (Wildman–Crippen MR) is 75.8 cm³/mol. The van der Waals surface area contributed by atoms with Gasteiger partial charge in [-0.05, 0) is 24.4 Å². The zero-order valence-corrected chi connectivity index (χ0v) is 11.6. The third-order valence-corrected chi connectivity index (χ3v) is 2.92. The number of aliphatic hydroxyl groups is 2. The van der Waals surface area contributed by atoms with Gasteiger partial charge in [0.15, 0.2) is 0 Å². The van der Waals surface area contributed by atoms with Crippen molar-refractivity contribution < 1.29 is 14.9 Å². The molecule has 2 unspecified atom stereocenters. The van der Waals surface area contributed by atoms with Gasteiger partial charge in [-0.1, -0.05) is 37.3 Å². The first kappa shape index (κ1) is 16.1. The predicted octanol–water partition coefficient (Wildman–Crippen LogP) is 1.17. The Labute approximate surface area is 115 Å². The number of rotatable bonds is 10. The van der Waals surface area contributed by atoms with Crippen molar-refractivity contribution in [2.24, 2.45) is 5.92 Å². The van der Waals surface area contributed by atoms with Gasteiger partial charge in [-0.2, -0.15) is 0 Å². The standard InChI is InChI=1S/C15H25NO3/c1-13(7-8-17)9-16-10-15(18)12-19-11-14-5-3-2-4-6-14/h2-6,13,15-18H,7-12H2,1H3. The quantitative estimate of drug-likeness (QED) is 0.595. The van der Waals surface area contributed by atoms with Crippen LogP contribution in [0.3, 0.4) is 0 Å². The Morgan fingerprint density at radius 3 is 2.63 bits per heavy atom. The van der Waals surface area contributed by atoms with Crippen LogP contribution in [0.25, 0.3) is 0 Å². The monoisotopic (exact) mass is 267 g/mol. The molecule has 0 heterocycles. The lowest BCUT2D eigenvalue weighted by atomic mass is 10.1. The molecule has 108 valence electrons. The van der Waals surface area contributed by atoms with Gasteiger partial charge in [-0.15, -0.1) is 0 Å². The first-order chi connectivity index (χ1) is 9.22. The molecule has 1 rings (SSSR count). The fourth-order valence-corrected chi connectivity index (χ4v) is 1.76. The van der Waals surface area contributed by atoms with Gasteiger partial charge in [-0.3, -0.25) is 0 Å². The van der Waals surface area contributed by atoms with E-state index in [0.29, 0.717) is 25.7 Å². The van der Waals surface area contributed by atoms with E-state index in [1.165, 1.54) is 0 Å². The fourth-order valence-electron chi connectivity index (χ4n) is 1.76. The first-order valence-corrected chi connectivity index (χ1v) is 6.83. The summed E-state index contributed by atoms with van der Waals surface area (Å²) in [5.74, 6) is 0.419. The summed E-state index contributed by atoms with van der Waals surface area (Å²) in [7, 11) is 0. The van der Waals surface area contributed by atoms with Crippen molar-refractivity contribution >= 4 is 0 Å². The summed E-state index contributed by atoms with van der Waals surface area (Å²) in [6.45, 7) is 4.46. The molecule has 0 aliphatic rings. The molecule has 1 aromatic rings. The van der Waals surface area contributed by atoms with Crippen LogP contribution in [-0.2, 0) is 11.3 Å². The lowest BCUT2D eigenvalue weighted by molar-refractivity contribution is 0.0285. The van der Waals surface area contributed by atoms with E-state index in [2.05, 4.69) is 12.2 Å². The number of benzene rings is 1.